The molecule has 10 aromatic carbocycles. The second kappa shape index (κ2) is 14.3. The molecule has 0 saturated heterocycles. The minimum absolute atomic E-state index is 0.610. The van der Waals surface area contributed by atoms with Crippen LogP contribution in [-0.4, -0.2) is 19.5 Å². The van der Waals surface area contributed by atoms with Gasteiger partial charge in [0, 0.05) is 27.5 Å². The standard InChI is InChI=1S/C57H36N4/c1-2-15-37(16-3-1)41-19-14-20-43(35-41)56-58-55(59-57(60-56)49-25-10-13-28-53(49)61-51-26-11-8-23-46(51)47-24-9-12-27-52(47)61)40-31-29-39(30-32-40)54-45-22-7-5-18-42(45)36-50-44-21-6-4-17-38(44)33-34-48(50)54/h1-36H. The largest absolute Gasteiger partial charge is 0.309 e. The molecule has 0 atom stereocenters. The molecular weight excluding hydrogens is 741 g/mol. The van der Waals surface area contributed by atoms with Gasteiger partial charge in [0.05, 0.1) is 16.7 Å². The number of nitrogens with zero attached hydrogens (tertiary/aromatic N) is 4. The summed E-state index contributed by atoms with van der Waals surface area (Å²) >= 11 is 0. The Kier molecular flexibility index (Phi) is 8.13. The lowest BCUT2D eigenvalue weighted by atomic mass is 9.89. The Morgan fingerprint density at radius 3 is 1.61 bits per heavy atom. The van der Waals surface area contributed by atoms with Gasteiger partial charge < -0.3 is 4.57 Å². The predicted octanol–water partition coefficient (Wildman–Crippen LogP) is 14.8. The molecular formula is C57H36N4. The van der Waals surface area contributed by atoms with Crippen LogP contribution in [-0.2, 0) is 0 Å². The molecule has 0 aliphatic carbocycles. The molecule has 0 aliphatic heterocycles. The number of aromatic nitrogens is 4. The van der Waals surface area contributed by atoms with Gasteiger partial charge in [0.15, 0.2) is 17.5 Å². The molecule has 0 radical (unpaired) electrons. The van der Waals surface area contributed by atoms with E-state index < -0.39 is 0 Å². The van der Waals surface area contributed by atoms with E-state index >= 15 is 0 Å². The summed E-state index contributed by atoms with van der Waals surface area (Å²) in [6.45, 7) is 0. The van der Waals surface area contributed by atoms with Crippen molar-refractivity contribution in [3.63, 3.8) is 0 Å². The third kappa shape index (κ3) is 5.88. The quantitative estimate of drug-likeness (QED) is 0.125. The fourth-order valence-electron chi connectivity index (χ4n) is 9.18. The van der Waals surface area contributed by atoms with Gasteiger partial charge >= 0.3 is 0 Å². The van der Waals surface area contributed by atoms with Crippen molar-refractivity contribution >= 4 is 54.1 Å². The van der Waals surface area contributed by atoms with Gasteiger partial charge in [-0.2, -0.15) is 0 Å². The van der Waals surface area contributed by atoms with Crippen molar-refractivity contribution < 1.29 is 0 Å². The van der Waals surface area contributed by atoms with Gasteiger partial charge in [-0.3, -0.25) is 0 Å². The Labute approximate surface area is 352 Å². The first kappa shape index (κ1) is 34.8. The molecule has 12 rings (SSSR count). The predicted molar refractivity (Wildman–Crippen MR) is 254 cm³/mol. The third-order valence-electron chi connectivity index (χ3n) is 12.0. The van der Waals surface area contributed by atoms with E-state index in [-0.39, 0.29) is 0 Å². The van der Waals surface area contributed by atoms with Crippen molar-refractivity contribution in [2.24, 2.45) is 0 Å². The maximum Gasteiger partial charge on any atom is 0.166 e. The van der Waals surface area contributed by atoms with Crippen LogP contribution < -0.4 is 0 Å². The molecule has 0 bridgehead atoms. The Hall–Kier alpha value is -8.21. The van der Waals surface area contributed by atoms with Crippen LogP contribution in [0.25, 0.3) is 116 Å². The van der Waals surface area contributed by atoms with Gasteiger partial charge in [0.25, 0.3) is 0 Å². The summed E-state index contributed by atoms with van der Waals surface area (Å²) in [5.41, 5.74) is 10.6. The smallest absolute Gasteiger partial charge is 0.166 e. The molecule has 4 nitrogen and oxygen atoms in total. The molecule has 0 N–H and O–H groups in total. The van der Waals surface area contributed by atoms with E-state index in [2.05, 4.69) is 217 Å². The Balaban J connectivity index is 1.05. The molecule has 2 aromatic heterocycles. The number of hydrogen-bond donors (Lipinski definition) is 0. The lowest BCUT2D eigenvalue weighted by molar-refractivity contribution is 1.06. The highest BCUT2D eigenvalue weighted by molar-refractivity contribution is 6.20. The van der Waals surface area contributed by atoms with Gasteiger partial charge in [0.1, 0.15) is 0 Å². The highest BCUT2D eigenvalue weighted by Gasteiger charge is 2.20. The average molecular weight is 777 g/mol. The second-order valence-electron chi connectivity index (χ2n) is 15.6. The zero-order valence-corrected chi connectivity index (χ0v) is 33.1. The Bertz CT molecular complexity index is 3590. The summed E-state index contributed by atoms with van der Waals surface area (Å²) in [4.78, 5) is 15.8. The molecule has 284 valence electrons. The number of benzene rings is 10. The van der Waals surface area contributed by atoms with Gasteiger partial charge in [-0.25, -0.2) is 15.0 Å². The van der Waals surface area contributed by atoms with E-state index in [1.165, 1.54) is 48.7 Å². The van der Waals surface area contributed by atoms with Crippen LogP contribution in [0.1, 0.15) is 0 Å². The number of fused-ring (bicyclic) bond motifs is 7. The molecule has 4 heteroatoms. The highest BCUT2D eigenvalue weighted by Crippen LogP contribution is 2.41. The van der Waals surface area contributed by atoms with E-state index in [0.29, 0.717) is 17.5 Å². The van der Waals surface area contributed by atoms with Crippen LogP contribution in [0.3, 0.4) is 0 Å². The first-order valence-corrected chi connectivity index (χ1v) is 20.7. The zero-order chi connectivity index (χ0) is 40.3. The zero-order valence-electron chi connectivity index (χ0n) is 33.1. The fraction of sp³-hybridized carbons (Fsp3) is 0. The molecule has 0 spiro atoms. The highest BCUT2D eigenvalue weighted by atomic mass is 15.1. The normalized spacial score (nSPS) is 11.6. The molecule has 0 aliphatic rings. The lowest BCUT2D eigenvalue weighted by Crippen LogP contribution is -2.03. The van der Waals surface area contributed by atoms with Crippen LogP contribution in [0.5, 0.6) is 0 Å². The molecule has 61 heavy (non-hydrogen) atoms. The number of rotatable bonds is 6. The van der Waals surface area contributed by atoms with E-state index in [0.717, 1.165) is 50.1 Å². The topological polar surface area (TPSA) is 43.6 Å². The third-order valence-corrected chi connectivity index (χ3v) is 12.0. The average Bonchev–Trinajstić information content (AvgIpc) is 3.68. The van der Waals surface area contributed by atoms with Crippen LogP contribution in [0, 0.1) is 0 Å². The summed E-state index contributed by atoms with van der Waals surface area (Å²) in [5.74, 6) is 1.84. The molecule has 0 amide bonds. The monoisotopic (exact) mass is 776 g/mol. The SMILES string of the molecule is c1ccc(-c2cccc(-c3nc(-c4ccc(-c5c6ccccc6cc6c5ccc5ccccc56)cc4)nc(-c4ccccc4-n4c5ccccc5c5ccccc54)n3)c2)cc1. The van der Waals surface area contributed by atoms with E-state index in [1.807, 2.05) is 6.07 Å². The number of hydrogen-bond acceptors (Lipinski definition) is 3. The Morgan fingerprint density at radius 1 is 0.279 bits per heavy atom. The molecule has 0 fully saturated rings. The first-order chi connectivity index (χ1) is 30.2. The van der Waals surface area contributed by atoms with Crippen LogP contribution in [0.4, 0.5) is 0 Å². The van der Waals surface area contributed by atoms with Crippen LogP contribution in [0.15, 0.2) is 218 Å². The van der Waals surface area contributed by atoms with Crippen LogP contribution >= 0.6 is 0 Å². The minimum Gasteiger partial charge on any atom is -0.309 e. The van der Waals surface area contributed by atoms with Crippen LogP contribution in [0.2, 0.25) is 0 Å². The fourth-order valence-corrected chi connectivity index (χ4v) is 9.18. The van der Waals surface area contributed by atoms with E-state index in [4.69, 9.17) is 15.0 Å². The summed E-state index contributed by atoms with van der Waals surface area (Å²) < 4.78 is 2.34. The minimum atomic E-state index is 0.610. The maximum atomic E-state index is 5.31. The van der Waals surface area contributed by atoms with Crippen molar-refractivity contribution in [2.45, 2.75) is 0 Å². The molecule has 12 aromatic rings. The molecule has 2 heterocycles. The van der Waals surface area contributed by atoms with Gasteiger partial charge in [0.2, 0.25) is 0 Å². The van der Waals surface area contributed by atoms with Gasteiger partial charge in [-0.15, -0.1) is 0 Å². The van der Waals surface area contributed by atoms with Gasteiger partial charge in [-0.05, 0) is 91.0 Å². The maximum absolute atomic E-state index is 5.31. The molecule has 0 saturated carbocycles. The van der Waals surface area contributed by atoms with Crippen molar-refractivity contribution in [3.05, 3.63) is 218 Å². The van der Waals surface area contributed by atoms with Crippen molar-refractivity contribution in [2.75, 3.05) is 0 Å². The lowest BCUT2D eigenvalue weighted by Gasteiger charge is -2.15. The van der Waals surface area contributed by atoms with E-state index in [1.54, 1.807) is 0 Å². The molecule has 0 unspecified atom stereocenters. The first-order valence-electron chi connectivity index (χ1n) is 20.7. The summed E-state index contributed by atoms with van der Waals surface area (Å²) in [6.07, 6.45) is 0. The summed E-state index contributed by atoms with van der Waals surface area (Å²) in [6, 6.07) is 77.5. The van der Waals surface area contributed by atoms with Gasteiger partial charge in [-0.1, -0.05) is 182 Å². The second-order valence-corrected chi connectivity index (χ2v) is 15.6. The summed E-state index contributed by atoms with van der Waals surface area (Å²) in [7, 11) is 0. The number of para-hydroxylation sites is 3. The van der Waals surface area contributed by atoms with Crippen molar-refractivity contribution in [3.8, 4) is 62.1 Å². The Morgan fingerprint density at radius 2 is 0.836 bits per heavy atom. The van der Waals surface area contributed by atoms with Crippen molar-refractivity contribution in [1.29, 1.82) is 0 Å². The van der Waals surface area contributed by atoms with E-state index in [9.17, 15) is 0 Å². The van der Waals surface area contributed by atoms with Crippen molar-refractivity contribution in [1.82, 2.24) is 19.5 Å². The summed E-state index contributed by atoms with van der Waals surface area (Å²) in [5, 5.41) is 9.83.